The second-order valence-electron chi connectivity index (χ2n) is 10.4. The monoisotopic (exact) mass is 426 g/mol. The number of likely N-dealkylation sites (N-methyl/N-ethyl adjacent to an activating group) is 1. The Morgan fingerprint density at radius 3 is 2.45 bits per heavy atom. The van der Waals surface area contributed by atoms with Crippen molar-refractivity contribution >= 4 is 5.91 Å². The van der Waals surface area contributed by atoms with Crippen LogP contribution >= 0.6 is 0 Å². The topological polar surface area (TPSA) is 32.8 Å². The molecular weight excluding hydrogens is 384 g/mol. The summed E-state index contributed by atoms with van der Waals surface area (Å²) in [5, 5.41) is 0. The number of hydrogen-bond acceptors (Lipinski definition) is 3. The standard InChI is InChI=1S/C27H42N2O2/c1-28-20-21-31-25-14-7-6-10-23(25)11-8-9-15-27(22-28)16-18-29(19-17-27)26(30)24-12-4-2-3-5-13-24/h6-7,10,14,24H,2-5,8-9,11-13,15-22H2,1H3. The van der Waals surface area contributed by atoms with E-state index in [1.54, 1.807) is 0 Å². The normalized spacial score (nSPS) is 24.4. The number of ether oxygens (including phenoxy) is 1. The van der Waals surface area contributed by atoms with Crippen LogP contribution in [-0.2, 0) is 11.2 Å². The number of para-hydroxylation sites is 1. The molecule has 4 heteroatoms. The molecule has 4 rings (SSSR count). The first kappa shape index (κ1) is 22.6. The number of amides is 1. The number of rotatable bonds is 1. The Morgan fingerprint density at radius 1 is 0.935 bits per heavy atom. The Balaban J connectivity index is 1.36. The van der Waals surface area contributed by atoms with Crippen molar-refractivity contribution in [1.82, 2.24) is 9.80 Å². The van der Waals surface area contributed by atoms with Crippen molar-refractivity contribution in [1.29, 1.82) is 0 Å². The van der Waals surface area contributed by atoms with E-state index in [4.69, 9.17) is 4.74 Å². The van der Waals surface area contributed by atoms with Crippen LogP contribution in [0.2, 0.25) is 0 Å². The quantitative estimate of drug-likeness (QED) is 0.571. The summed E-state index contributed by atoms with van der Waals surface area (Å²) in [5.41, 5.74) is 1.71. The van der Waals surface area contributed by atoms with Gasteiger partial charge in [-0.25, -0.2) is 0 Å². The number of aryl methyl sites for hydroxylation is 1. The van der Waals surface area contributed by atoms with Gasteiger partial charge in [0.25, 0.3) is 0 Å². The van der Waals surface area contributed by atoms with E-state index in [0.717, 1.165) is 70.6 Å². The Labute approximate surface area is 189 Å². The maximum Gasteiger partial charge on any atom is 0.225 e. The second kappa shape index (κ2) is 10.8. The van der Waals surface area contributed by atoms with Gasteiger partial charge in [0, 0.05) is 32.1 Å². The van der Waals surface area contributed by atoms with Crippen LogP contribution < -0.4 is 4.74 Å². The summed E-state index contributed by atoms with van der Waals surface area (Å²) in [6.45, 7) is 4.76. The number of fused-ring (bicyclic) bond motifs is 1. The highest BCUT2D eigenvalue weighted by atomic mass is 16.5. The van der Waals surface area contributed by atoms with Gasteiger partial charge in [-0.3, -0.25) is 4.79 Å². The molecule has 0 radical (unpaired) electrons. The van der Waals surface area contributed by atoms with Crippen LogP contribution in [0.1, 0.15) is 76.2 Å². The fraction of sp³-hybridized carbons (Fsp3) is 0.741. The van der Waals surface area contributed by atoms with Gasteiger partial charge in [-0.2, -0.15) is 0 Å². The molecule has 1 amide bonds. The SMILES string of the molecule is CN1CCOc2ccccc2CCCCC2(CCN(C(=O)C3CCCCCC3)CC2)C1. The number of hydrogen-bond donors (Lipinski definition) is 0. The van der Waals surface area contributed by atoms with Crippen LogP contribution in [0.25, 0.3) is 0 Å². The van der Waals surface area contributed by atoms with Gasteiger partial charge in [-0.15, -0.1) is 0 Å². The summed E-state index contributed by atoms with van der Waals surface area (Å²) in [4.78, 5) is 17.8. The van der Waals surface area contributed by atoms with Crippen molar-refractivity contribution in [3.8, 4) is 5.75 Å². The number of nitrogens with zero attached hydrogens (tertiary/aromatic N) is 2. The molecule has 4 nitrogen and oxygen atoms in total. The molecule has 2 aliphatic heterocycles. The predicted octanol–water partition coefficient (Wildman–Crippen LogP) is 5.30. The maximum atomic E-state index is 13.2. The lowest BCUT2D eigenvalue weighted by molar-refractivity contribution is -0.138. The van der Waals surface area contributed by atoms with Gasteiger partial charge in [-0.05, 0) is 69.0 Å². The molecule has 0 aromatic heterocycles. The summed E-state index contributed by atoms with van der Waals surface area (Å²) >= 11 is 0. The van der Waals surface area contributed by atoms with Gasteiger partial charge < -0.3 is 14.5 Å². The first-order valence-electron chi connectivity index (χ1n) is 12.8. The van der Waals surface area contributed by atoms with E-state index in [9.17, 15) is 4.79 Å². The van der Waals surface area contributed by atoms with Gasteiger partial charge in [0.2, 0.25) is 5.91 Å². The molecule has 31 heavy (non-hydrogen) atoms. The third kappa shape index (κ3) is 6.03. The highest BCUT2D eigenvalue weighted by Crippen LogP contribution is 2.39. The Bertz CT molecular complexity index is 703. The Kier molecular flexibility index (Phi) is 7.92. The summed E-state index contributed by atoms with van der Waals surface area (Å²) in [6, 6.07) is 8.54. The van der Waals surface area contributed by atoms with E-state index in [-0.39, 0.29) is 0 Å². The summed E-state index contributed by atoms with van der Waals surface area (Å²) in [6.07, 6.45) is 14.5. The van der Waals surface area contributed by atoms with Crippen LogP contribution in [0.15, 0.2) is 24.3 Å². The van der Waals surface area contributed by atoms with Crippen LogP contribution in [0.5, 0.6) is 5.75 Å². The number of likely N-dealkylation sites (tertiary alicyclic amines) is 1. The van der Waals surface area contributed by atoms with E-state index in [1.165, 1.54) is 50.5 Å². The van der Waals surface area contributed by atoms with Crippen molar-refractivity contribution in [2.75, 3.05) is 39.8 Å². The number of carbonyl (C=O) groups excluding carboxylic acids is 1. The predicted molar refractivity (Wildman–Crippen MR) is 126 cm³/mol. The lowest BCUT2D eigenvalue weighted by Gasteiger charge is -2.45. The van der Waals surface area contributed by atoms with Crippen LogP contribution in [0, 0.1) is 11.3 Å². The molecular formula is C27H42N2O2. The smallest absolute Gasteiger partial charge is 0.225 e. The van der Waals surface area contributed by atoms with Gasteiger partial charge >= 0.3 is 0 Å². The zero-order valence-corrected chi connectivity index (χ0v) is 19.6. The van der Waals surface area contributed by atoms with Crippen molar-refractivity contribution in [2.24, 2.45) is 11.3 Å². The third-order valence-corrected chi connectivity index (χ3v) is 8.05. The molecule has 0 atom stereocenters. The summed E-state index contributed by atoms with van der Waals surface area (Å²) < 4.78 is 6.14. The van der Waals surface area contributed by atoms with E-state index in [0.29, 0.717) is 17.2 Å². The van der Waals surface area contributed by atoms with Gasteiger partial charge in [0.15, 0.2) is 0 Å². The molecule has 1 aromatic carbocycles. The fourth-order valence-corrected chi connectivity index (χ4v) is 6.10. The lowest BCUT2D eigenvalue weighted by atomic mass is 9.73. The summed E-state index contributed by atoms with van der Waals surface area (Å²) in [7, 11) is 2.24. The van der Waals surface area contributed by atoms with E-state index >= 15 is 0 Å². The molecule has 2 fully saturated rings. The van der Waals surface area contributed by atoms with E-state index < -0.39 is 0 Å². The molecule has 1 saturated carbocycles. The average Bonchev–Trinajstić information content (AvgIpc) is 3.07. The molecule has 172 valence electrons. The van der Waals surface area contributed by atoms with Crippen LogP contribution in [0.3, 0.4) is 0 Å². The molecule has 1 spiro atoms. The van der Waals surface area contributed by atoms with Gasteiger partial charge in [0.05, 0.1) is 0 Å². The molecule has 0 unspecified atom stereocenters. The average molecular weight is 427 g/mol. The van der Waals surface area contributed by atoms with Crippen molar-refractivity contribution in [2.45, 2.75) is 77.0 Å². The Hall–Kier alpha value is -1.55. The van der Waals surface area contributed by atoms with E-state index in [2.05, 4.69) is 41.1 Å². The molecule has 1 aromatic rings. The molecule has 3 aliphatic rings. The molecule has 1 aliphatic carbocycles. The minimum atomic E-state index is 0.299. The number of piperidine rings is 1. The first-order chi connectivity index (χ1) is 15.2. The second-order valence-corrected chi connectivity index (χ2v) is 10.4. The van der Waals surface area contributed by atoms with Crippen molar-refractivity contribution in [3.05, 3.63) is 29.8 Å². The van der Waals surface area contributed by atoms with Crippen LogP contribution in [0.4, 0.5) is 0 Å². The fourth-order valence-electron chi connectivity index (χ4n) is 6.10. The maximum absolute atomic E-state index is 13.2. The van der Waals surface area contributed by atoms with Gasteiger partial charge in [-0.1, -0.05) is 50.3 Å². The largest absolute Gasteiger partial charge is 0.492 e. The van der Waals surface area contributed by atoms with E-state index in [1.807, 2.05) is 0 Å². The molecule has 0 bridgehead atoms. The molecule has 2 heterocycles. The minimum absolute atomic E-state index is 0.299. The Morgan fingerprint density at radius 2 is 1.68 bits per heavy atom. The number of carbonyl (C=O) groups is 1. The zero-order chi connectivity index (χ0) is 21.5. The number of benzene rings is 1. The lowest BCUT2D eigenvalue weighted by Crippen LogP contribution is -2.49. The highest BCUT2D eigenvalue weighted by Gasteiger charge is 2.37. The third-order valence-electron chi connectivity index (χ3n) is 8.05. The molecule has 0 N–H and O–H groups in total. The van der Waals surface area contributed by atoms with Crippen molar-refractivity contribution < 1.29 is 9.53 Å². The summed E-state index contributed by atoms with van der Waals surface area (Å²) in [5.74, 6) is 1.83. The zero-order valence-electron chi connectivity index (χ0n) is 19.6. The van der Waals surface area contributed by atoms with Gasteiger partial charge in [0.1, 0.15) is 12.4 Å². The van der Waals surface area contributed by atoms with Crippen molar-refractivity contribution in [3.63, 3.8) is 0 Å². The highest BCUT2D eigenvalue weighted by molar-refractivity contribution is 5.79. The minimum Gasteiger partial charge on any atom is -0.492 e. The molecule has 1 saturated heterocycles. The first-order valence-corrected chi connectivity index (χ1v) is 12.8. The van der Waals surface area contributed by atoms with Crippen LogP contribution in [-0.4, -0.2) is 55.5 Å².